The van der Waals surface area contributed by atoms with E-state index in [1.165, 1.54) is 0 Å². The maximum absolute atomic E-state index is 13.3. The monoisotopic (exact) mass is 448 g/mol. The highest BCUT2D eigenvalue weighted by atomic mass is 33.1. The van der Waals surface area contributed by atoms with Crippen LogP contribution >= 0.6 is 10.8 Å². The summed E-state index contributed by atoms with van der Waals surface area (Å²) in [5.41, 5.74) is -1.20. The number of carbonyl (C=O) groups excluding carboxylic acids is 1. The third-order valence-electron chi connectivity index (χ3n) is 9.09. The molecule has 0 unspecified atom stereocenters. The Hall–Kier alpha value is -0.180. The van der Waals surface area contributed by atoms with Crippen LogP contribution in [0.25, 0.3) is 0 Å². The Morgan fingerprint density at radius 3 is 2.48 bits per heavy atom. The van der Waals surface area contributed by atoms with Gasteiger partial charge in [-0.3, -0.25) is 9.35 Å². The van der Waals surface area contributed by atoms with Crippen molar-refractivity contribution in [2.45, 2.75) is 70.3 Å². The van der Waals surface area contributed by atoms with Crippen molar-refractivity contribution in [2.75, 3.05) is 12.4 Å². The van der Waals surface area contributed by atoms with Crippen molar-refractivity contribution in [3.63, 3.8) is 0 Å². The van der Waals surface area contributed by atoms with Crippen molar-refractivity contribution in [2.24, 2.45) is 40.9 Å². The number of hydrogen-bond donors (Lipinski definition) is 2. The molecule has 0 aliphatic heterocycles. The smallest absolute Gasteiger partial charge is 0.320 e. The molecule has 0 aromatic rings. The van der Waals surface area contributed by atoms with Crippen LogP contribution in [0.4, 0.5) is 4.39 Å². The van der Waals surface area contributed by atoms with Crippen LogP contribution in [-0.4, -0.2) is 41.9 Å². The molecule has 0 saturated heterocycles. The van der Waals surface area contributed by atoms with E-state index >= 15 is 0 Å². The molecule has 0 radical (unpaired) electrons. The van der Waals surface area contributed by atoms with Crippen molar-refractivity contribution in [3.8, 4) is 0 Å². The maximum atomic E-state index is 13.3. The fraction of sp³-hybridized carbons (Fsp3) is 0.952. The number of hydrogen-bond acceptors (Lipinski definition) is 5. The number of ketones is 1. The maximum Gasteiger partial charge on any atom is 0.320 e. The average Bonchev–Trinajstić information content (AvgIpc) is 3.02. The first-order valence-corrected chi connectivity index (χ1v) is 13.9. The highest BCUT2D eigenvalue weighted by molar-refractivity contribution is 8.70. The van der Waals surface area contributed by atoms with Crippen LogP contribution in [0.3, 0.4) is 0 Å². The number of aliphatic hydroxyl groups is 1. The van der Waals surface area contributed by atoms with Crippen LogP contribution in [-0.2, 0) is 13.9 Å². The number of Topliss-reactive ketones (excluding diaryl/α,β-unsaturated/α-hetero) is 1. The summed E-state index contributed by atoms with van der Waals surface area (Å²) in [6.07, 6.45) is 8.05. The summed E-state index contributed by atoms with van der Waals surface area (Å²) < 4.78 is 44.3. The standard InChI is InChI=1S/C21H33FO5S2/c1-20-8-6-15-14-7-9-21(24,12-22)10-13(14)2-3-16(15)17(20)4-5-18(20)19(23)11-28-29(25,26)27/h13-18,24H,2-12H2,1H3,(H,25,26,27)/t13-,14-,15+,16+,17-,18+,20-,21+/m0/s1. The molecule has 4 fully saturated rings. The number of halogens is 1. The summed E-state index contributed by atoms with van der Waals surface area (Å²) in [5.74, 6) is 2.31. The van der Waals surface area contributed by atoms with Crippen LogP contribution < -0.4 is 0 Å². The second kappa shape index (κ2) is 7.75. The molecule has 8 atom stereocenters. The first-order chi connectivity index (χ1) is 13.6. The first-order valence-electron chi connectivity index (χ1n) is 11.0. The van der Waals surface area contributed by atoms with Gasteiger partial charge in [0, 0.05) is 16.7 Å². The molecule has 4 aliphatic rings. The van der Waals surface area contributed by atoms with Crippen LogP contribution in [0.2, 0.25) is 0 Å². The first kappa shape index (κ1) is 22.0. The average molecular weight is 449 g/mol. The molecule has 0 spiro atoms. The molecule has 5 nitrogen and oxygen atoms in total. The van der Waals surface area contributed by atoms with Gasteiger partial charge in [-0.1, -0.05) is 6.92 Å². The van der Waals surface area contributed by atoms with Gasteiger partial charge in [-0.25, -0.2) is 4.39 Å². The van der Waals surface area contributed by atoms with Crippen LogP contribution in [0.5, 0.6) is 0 Å². The van der Waals surface area contributed by atoms with Crippen molar-refractivity contribution in [3.05, 3.63) is 0 Å². The molecule has 0 bridgehead atoms. The van der Waals surface area contributed by atoms with Crippen LogP contribution in [0.1, 0.15) is 64.7 Å². The second-order valence-corrected chi connectivity index (χ2v) is 13.7. The van der Waals surface area contributed by atoms with Crippen molar-refractivity contribution < 1.29 is 27.3 Å². The lowest BCUT2D eigenvalue weighted by Crippen LogP contribution is -2.52. The van der Waals surface area contributed by atoms with Gasteiger partial charge in [0.25, 0.3) is 0 Å². The van der Waals surface area contributed by atoms with Gasteiger partial charge in [-0.15, -0.1) is 0 Å². The molecule has 2 N–H and O–H groups in total. The van der Waals surface area contributed by atoms with Crippen molar-refractivity contribution in [1.82, 2.24) is 0 Å². The number of rotatable bonds is 5. The molecular formula is C21H33FO5S2. The zero-order valence-corrected chi connectivity index (χ0v) is 18.7. The molecule has 4 aliphatic carbocycles. The zero-order valence-electron chi connectivity index (χ0n) is 17.1. The molecule has 0 aromatic heterocycles. The summed E-state index contributed by atoms with van der Waals surface area (Å²) in [5, 5.41) is 10.4. The topological polar surface area (TPSA) is 91.7 Å². The van der Waals surface area contributed by atoms with E-state index in [1.807, 2.05) is 0 Å². The van der Waals surface area contributed by atoms with E-state index in [2.05, 4.69) is 6.92 Å². The number of carbonyl (C=O) groups is 1. The van der Waals surface area contributed by atoms with E-state index in [4.69, 9.17) is 4.55 Å². The summed E-state index contributed by atoms with van der Waals surface area (Å²) in [7, 11) is -3.86. The minimum atomic E-state index is -4.19. The van der Waals surface area contributed by atoms with Gasteiger partial charge in [-0.2, -0.15) is 8.42 Å². The third kappa shape index (κ3) is 4.03. The van der Waals surface area contributed by atoms with E-state index in [0.29, 0.717) is 53.2 Å². The van der Waals surface area contributed by atoms with Gasteiger partial charge in [0.05, 0.1) is 11.4 Å². The van der Waals surface area contributed by atoms with Gasteiger partial charge < -0.3 is 5.11 Å². The predicted molar refractivity (Wildman–Crippen MR) is 111 cm³/mol. The van der Waals surface area contributed by atoms with Gasteiger partial charge in [-0.05, 0) is 92.8 Å². The van der Waals surface area contributed by atoms with Crippen molar-refractivity contribution >= 4 is 25.7 Å². The SMILES string of the molecule is C[C@]12CC[C@H]3[C@@H](CC[C@H]4C[C@@](O)(CF)CC[C@@H]43)[C@@H]1CC[C@@H]2C(=O)CSS(=O)(=O)O. The Balaban J connectivity index is 1.46. The normalized spacial score (nSPS) is 47.2. The fourth-order valence-corrected chi connectivity index (χ4v) is 9.11. The molecule has 0 amide bonds. The molecular weight excluding hydrogens is 415 g/mol. The lowest BCUT2D eigenvalue weighted by atomic mass is 9.49. The van der Waals surface area contributed by atoms with Gasteiger partial charge in [0.2, 0.25) is 0 Å². The van der Waals surface area contributed by atoms with Crippen molar-refractivity contribution in [1.29, 1.82) is 0 Å². The molecule has 0 heterocycles. The van der Waals surface area contributed by atoms with Crippen LogP contribution in [0, 0.1) is 40.9 Å². The van der Waals surface area contributed by atoms with Gasteiger partial charge >= 0.3 is 9.15 Å². The molecule has 29 heavy (non-hydrogen) atoms. The Bertz CT molecular complexity index is 758. The Kier molecular flexibility index (Phi) is 5.89. The lowest BCUT2D eigenvalue weighted by Gasteiger charge is -2.56. The predicted octanol–water partition coefficient (Wildman–Crippen LogP) is 4.06. The molecule has 166 valence electrons. The van der Waals surface area contributed by atoms with Gasteiger partial charge in [0.15, 0.2) is 0 Å². The van der Waals surface area contributed by atoms with Gasteiger partial charge in [0.1, 0.15) is 12.5 Å². The minimum absolute atomic E-state index is 0.0459. The highest BCUT2D eigenvalue weighted by Crippen LogP contribution is 2.64. The summed E-state index contributed by atoms with van der Waals surface area (Å²) in [4.78, 5) is 12.8. The molecule has 4 saturated carbocycles. The summed E-state index contributed by atoms with van der Waals surface area (Å²) in [6.45, 7) is 1.58. The molecule has 8 heteroatoms. The Labute approximate surface area is 176 Å². The second-order valence-electron chi connectivity index (χ2n) is 10.4. The Morgan fingerprint density at radius 2 is 1.79 bits per heavy atom. The highest BCUT2D eigenvalue weighted by Gasteiger charge is 2.59. The minimum Gasteiger partial charge on any atom is -0.387 e. The number of alkyl halides is 1. The summed E-state index contributed by atoms with van der Waals surface area (Å²) in [6, 6.07) is 0. The van der Waals surface area contributed by atoms with E-state index in [0.717, 1.165) is 44.9 Å². The molecule has 0 aromatic carbocycles. The van der Waals surface area contributed by atoms with E-state index in [9.17, 15) is 22.7 Å². The number of fused-ring (bicyclic) bond motifs is 5. The molecule has 4 rings (SSSR count). The van der Waals surface area contributed by atoms with E-state index in [1.54, 1.807) is 0 Å². The van der Waals surface area contributed by atoms with E-state index in [-0.39, 0.29) is 22.9 Å². The largest absolute Gasteiger partial charge is 0.387 e. The quantitative estimate of drug-likeness (QED) is 0.487. The zero-order chi connectivity index (χ0) is 21.0. The third-order valence-corrected chi connectivity index (χ3v) is 11.0. The lowest BCUT2D eigenvalue weighted by molar-refractivity contribution is -0.131. The fourth-order valence-electron chi connectivity index (χ4n) is 7.85. The summed E-state index contributed by atoms with van der Waals surface area (Å²) >= 11 is 0. The van der Waals surface area contributed by atoms with Crippen LogP contribution in [0.15, 0.2) is 0 Å². The van der Waals surface area contributed by atoms with E-state index < -0.39 is 21.4 Å². The Morgan fingerprint density at radius 1 is 1.07 bits per heavy atom.